The number of anilines is 1. The maximum atomic E-state index is 5.01. The van der Waals surface area contributed by atoms with Crippen molar-refractivity contribution < 1.29 is 0 Å². The van der Waals surface area contributed by atoms with Gasteiger partial charge in [0.1, 0.15) is 0 Å². The smallest absolute Gasteiger partial charge is 0.185 e. The maximum absolute atomic E-state index is 5.01. The predicted octanol–water partition coefficient (Wildman–Crippen LogP) is 4.39. The quantitative estimate of drug-likeness (QED) is 0.809. The Morgan fingerprint density at radius 2 is 1.90 bits per heavy atom. The van der Waals surface area contributed by atoms with E-state index in [1.807, 2.05) is 11.3 Å². The molecule has 4 heteroatoms. The van der Waals surface area contributed by atoms with E-state index in [-0.39, 0.29) is 0 Å². The first-order valence-corrected chi connectivity index (χ1v) is 9.38. The van der Waals surface area contributed by atoms with Crippen LogP contribution in [0.25, 0.3) is 0 Å². The molecule has 0 amide bonds. The molecule has 2 rings (SSSR count). The second-order valence-electron chi connectivity index (χ2n) is 6.69. The van der Waals surface area contributed by atoms with Gasteiger partial charge in [0.25, 0.3) is 0 Å². The van der Waals surface area contributed by atoms with Crippen molar-refractivity contribution in [1.82, 2.24) is 10.3 Å². The minimum Gasteiger partial charge on any atom is -0.348 e. The van der Waals surface area contributed by atoms with Crippen LogP contribution in [0.1, 0.15) is 69.9 Å². The predicted molar refractivity (Wildman–Crippen MR) is 93.4 cm³/mol. The number of rotatable bonds is 7. The molecule has 0 bridgehead atoms. The van der Waals surface area contributed by atoms with Gasteiger partial charge in [-0.3, -0.25) is 0 Å². The summed E-state index contributed by atoms with van der Waals surface area (Å²) in [6, 6.07) is 0. The highest BCUT2D eigenvalue weighted by atomic mass is 32.1. The van der Waals surface area contributed by atoms with Crippen molar-refractivity contribution in [3.05, 3.63) is 10.6 Å². The Kier molecular flexibility index (Phi) is 6.49. The lowest BCUT2D eigenvalue weighted by Crippen LogP contribution is -2.29. The van der Waals surface area contributed by atoms with Gasteiger partial charge in [-0.1, -0.05) is 27.7 Å². The third-order valence-corrected chi connectivity index (χ3v) is 5.39. The highest BCUT2D eigenvalue weighted by Gasteiger charge is 2.20. The van der Waals surface area contributed by atoms with Gasteiger partial charge in [0.2, 0.25) is 0 Å². The lowest BCUT2D eigenvalue weighted by atomic mass is 10.0. The number of thiazole rings is 1. The Hall–Kier alpha value is -0.610. The number of nitrogens with one attached hydrogen (secondary N) is 1. The van der Waals surface area contributed by atoms with E-state index in [2.05, 4.69) is 37.9 Å². The van der Waals surface area contributed by atoms with Crippen molar-refractivity contribution in [2.75, 3.05) is 24.5 Å². The van der Waals surface area contributed by atoms with Crippen molar-refractivity contribution in [3.63, 3.8) is 0 Å². The van der Waals surface area contributed by atoms with Crippen LogP contribution < -0.4 is 10.2 Å². The second-order valence-corrected chi connectivity index (χ2v) is 7.75. The minimum absolute atomic E-state index is 0.565. The third kappa shape index (κ3) is 4.68. The Balaban J connectivity index is 2.10. The monoisotopic (exact) mass is 309 g/mol. The molecule has 3 nitrogen and oxygen atoms in total. The summed E-state index contributed by atoms with van der Waals surface area (Å²) < 4.78 is 0. The molecule has 120 valence electrons. The number of piperidine rings is 1. The van der Waals surface area contributed by atoms with Gasteiger partial charge in [-0.2, -0.15) is 0 Å². The molecule has 1 aromatic heterocycles. The topological polar surface area (TPSA) is 28.2 Å². The van der Waals surface area contributed by atoms with Gasteiger partial charge in [-0.15, -0.1) is 11.3 Å². The average Bonchev–Trinajstić information content (AvgIpc) is 2.91. The molecule has 1 N–H and O–H groups in total. The van der Waals surface area contributed by atoms with Crippen molar-refractivity contribution in [2.45, 2.75) is 65.8 Å². The van der Waals surface area contributed by atoms with Gasteiger partial charge in [-0.05, 0) is 44.1 Å². The Morgan fingerprint density at radius 1 is 1.19 bits per heavy atom. The zero-order chi connectivity index (χ0) is 15.2. The van der Waals surface area contributed by atoms with Crippen LogP contribution in [-0.2, 0) is 6.54 Å². The molecule has 1 aliphatic rings. The van der Waals surface area contributed by atoms with Gasteiger partial charge in [-0.25, -0.2) is 4.98 Å². The summed E-state index contributed by atoms with van der Waals surface area (Å²) in [5.74, 6) is 1.27. The molecule has 0 radical (unpaired) electrons. The average molecular weight is 310 g/mol. The second kappa shape index (κ2) is 8.14. The zero-order valence-corrected chi connectivity index (χ0v) is 14.9. The van der Waals surface area contributed by atoms with Crippen LogP contribution in [0.2, 0.25) is 0 Å². The molecule has 0 aromatic carbocycles. The molecular weight excluding hydrogens is 278 g/mol. The largest absolute Gasteiger partial charge is 0.348 e. The van der Waals surface area contributed by atoms with E-state index in [9.17, 15) is 0 Å². The highest BCUT2D eigenvalue weighted by Crippen LogP contribution is 2.33. The fourth-order valence-corrected chi connectivity index (χ4v) is 3.95. The zero-order valence-electron chi connectivity index (χ0n) is 14.1. The lowest BCUT2D eigenvalue weighted by Gasteiger charge is -2.25. The van der Waals surface area contributed by atoms with Gasteiger partial charge in [0.05, 0.1) is 5.69 Å². The molecule has 1 atom stereocenters. The summed E-state index contributed by atoms with van der Waals surface area (Å²) in [6.07, 6.45) is 5.18. The normalized spacial score (nSPS) is 17.5. The standard InChI is InChI=1S/C17H31N3S/c1-5-14(4)16-15(12-18-11-13(2)3)21-17(19-16)20-9-7-6-8-10-20/h13-14,18H,5-12H2,1-4H3. The Bertz CT molecular complexity index is 422. The van der Waals surface area contributed by atoms with E-state index in [1.165, 1.54) is 54.5 Å². The van der Waals surface area contributed by atoms with Crippen LogP contribution in [0.4, 0.5) is 5.13 Å². The summed E-state index contributed by atoms with van der Waals surface area (Å²) in [7, 11) is 0. The third-order valence-electron chi connectivity index (χ3n) is 4.26. The molecule has 1 unspecified atom stereocenters. The first-order valence-electron chi connectivity index (χ1n) is 8.57. The molecule has 21 heavy (non-hydrogen) atoms. The molecule has 1 fully saturated rings. The van der Waals surface area contributed by atoms with Crippen LogP contribution >= 0.6 is 11.3 Å². The maximum Gasteiger partial charge on any atom is 0.185 e. The summed E-state index contributed by atoms with van der Waals surface area (Å²) in [4.78, 5) is 8.95. The highest BCUT2D eigenvalue weighted by molar-refractivity contribution is 7.15. The van der Waals surface area contributed by atoms with E-state index in [0.717, 1.165) is 13.1 Å². The summed E-state index contributed by atoms with van der Waals surface area (Å²) in [5.41, 5.74) is 1.33. The van der Waals surface area contributed by atoms with E-state index < -0.39 is 0 Å². The SMILES string of the molecule is CCC(C)c1nc(N2CCCCC2)sc1CNCC(C)C. The van der Waals surface area contributed by atoms with Crippen molar-refractivity contribution in [1.29, 1.82) is 0 Å². The fourth-order valence-electron chi connectivity index (χ4n) is 2.75. The summed E-state index contributed by atoms with van der Waals surface area (Å²) in [5, 5.41) is 4.84. The van der Waals surface area contributed by atoms with Crippen molar-refractivity contribution in [2.24, 2.45) is 5.92 Å². The van der Waals surface area contributed by atoms with Crippen molar-refractivity contribution >= 4 is 16.5 Å². The Labute approximate surface area is 134 Å². The minimum atomic E-state index is 0.565. The molecule has 0 saturated carbocycles. The van der Waals surface area contributed by atoms with E-state index in [4.69, 9.17) is 4.98 Å². The van der Waals surface area contributed by atoms with E-state index in [1.54, 1.807) is 0 Å². The van der Waals surface area contributed by atoms with E-state index >= 15 is 0 Å². The number of hydrogen-bond acceptors (Lipinski definition) is 4. The molecule has 0 aliphatic carbocycles. The van der Waals surface area contributed by atoms with Crippen LogP contribution in [0.5, 0.6) is 0 Å². The molecule has 0 spiro atoms. The molecule has 1 aliphatic heterocycles. The lowest BCUT2D eigenvalue weighted by molar-refractivity contribution is 0.551. The van der Waals surface area contributed by atoms with Gasteiger partial charge in [0, 0.05) is 24.5 Å². The molecule has 2 heterocycles. The van der Waals surface area contributed by atoms with Crippen LogP contribution in [-0.4, -0.2) is 24.6 Å². The first kappa shape index (κ1) is 16.8. The van der Waals surface area contributed by atoms with Crippen LogP contribution in [0, 0.1) is 5.92 Å². The molecular formula is C17H31N3S. The summed E-state index contributed by atoms with van der Waals surface area (Å²) >= 11 is 1.91. The van der Waals surface area contributed by atoms with Gasteiger partial charge < -0.3 is 10.2 Å². The van der Waals surface area contributed by atoms with Gasteiger partial charge in [0.15, 0.2) is 5.13 Å². The molecule has 1 aromatic rings. The first-order chi connectivity index (χ1) is 10.1. The number of hydrogen-bond donors (Lipinski definition) is 1. The van der Waals surface area contributed by atoms with E-state index in [0.29, 0.717) is 11.8 Å². The molecule has 1 saturated heterocycles. The number of nitrogens with zero attached hydrogens (tertiary/aromatic N) is 2. The van der Waals surface area contributed by atoms with Gasteiger partial charge >= 0.3 is 0 Å². The van der Waals surface area contributed by atoms with Crippen LogP contribution in [0.15, 0.2) is 0 Å². The van der Waals surface area contributed by atoms with Crippen LogP contribution in [0.3, 0.4) is 0 Å². The summed E-state index contributed by atoms with van der Waals surface area (Å²) in [6.45, 7) is 13.5. The van der Waals surface area contributed by atoms with Crippen molar-refractivity contribution in [3.8, 4) is 0 Å². The number of aromatic nitrogens is 1. The fraction of sp³-hybridized carbons (Fsp3) is 0.824. The Morgan fingerprint density at radius 3 is 2.52 bits per heavy atom.